The topological polar surface area (TPSA) is 239 Å². The summed E-state index contributed by atoms with van der Waals surface area (Å²) in [5.74, 6) is -2.52. The summed E-state index contributed by atoms with van der Waals surface area (Å²) in [6, 6.07) is 12.2. The van der Waals surface area contributed by atoms with Crippen molar-refractivity contribution in [2.24, 2.45) is 10.2 Å². The molecule has 0 spiro atoms. The van der Waals surface area contributed by atoms with Crippen molar-refractivity contribution in [1.82, 2.24) is 9.78 Å². The molecule has 1 heterocycles. The fraction of sp³-hybridized carbons (Fsp3) is 0.273. The smallest absolute Gasteiger partial charge is 0.343 e. The minimum atomic E-state index is -4.57. The molecule has 4 N–H and O–H groups in total. The Bertz CT molecular complexity index is 2330. The predicted molar refractivity (Wildman–Crippen MR) is 202 cm³/mol. The molecule has 17 nitrogen and oxygen atoms in total. The third kappa shape index (κ3) is 10.6. The molecule has 0 aliphatic carbocycles. The highest BCUT2D eigenvalue weighted by Crippen LogP contribution is 2.39. The van der Waals surface area contributed by atoms with Gasteiger partial charge in [-0.3, -0.25) is 18.7 Å². The number of aryl methyl sites for hydroxylation is 1. The molecule has 288 valence electrons. The van der Waals surface area contributed by atoms with Crippen LogP contribution < -0.4 is 15.5 Å². The van der Waals surface area contributed by atoms with Crippen LogP contribution in [0.25, 0.3) is 5.69 Å². The van der Waals surface area contributed by atoms with Crippen LogP contribution in [0.4, 0.5) is 28.6 Å². The predicted octanol–water partition coefficient (Wildman–Crippen LogP) is 6.64. The van der Waals surface area contributed by atoms with Crippen LogP contribution in [0.5, 0.6) is 0 Å². The van der Waals surface area contributed by atoms with E-state index in [2.05, 4.69) is 26.0 Å². The number of benzene rings is 3. The summed E-state index contributed by atoms with van der Waals surface area (Å²) < 4.78 is 70.4. The van der Waals surface area contributed by atoms with Crippen molar-refractivity contribution in [3.05, 3.63) is 81.5 Å². The molecule has 0 saturated heterocycles. The second-order valence-corrected chi connectivity index (χ2v) is 15.3. The SMILES string of the molecule is CCOC(=O)c1c(C)nn(-c2c(Cl)cc(NC(=O)c3cccc(S(=O)(=O)O)c3)cc2Cl)c1/N=N/c1ccc(N(CC)CCCS(=O)(=O)O)cc1NC(C)=O. The van der Waals surface area contributed by atoms with Gasteiger partial charge < -0.3 is 20.3 Å². The molecule has 1 aromatic heterocycles. The first kappa shape index (κ1) is 41.8. The lowest BCUT2D eigenvalue weighted by Gasteiger charge is -2.24. The van der Waals surface area contributed by atoms with E-state index in [9.17, 15) is 35.8 Å². The normalized spacial score (nSPS) is 11.8. The van der Waals surface area contributed by atoms with Gasteiger partial charge >= 0.3 is 5.97 Å². The number of anilines is 3. The lowest BCUT2D eigenvalue weighted by Crippen LogP contribution is -2.25. The van der Waals surface area contributed by atoms with Gasteiger partial charge in [0.15, 0.2) is 5.82 Å². The zero-order valence-corrected chi connectivity index (χ0v) is 32.3. The second kappa shape index (κ2) is 17.5. The average molecular weight is 825 g/mol. The molecule has 54 heavy (non-hydrogen) atoms. The van der Waals surface area contributed by atoms with Gasteiger partial charge in [-0.1, -0.05) is 29.3 Å². The number of esters is 1. The highest BCUT2D eigenvalue weighted by Gasteiger charge is 2.27. The number of carbonyl (C=O) groups is 3. The van der Waals surface area contributed by atoms with E-state index in [0.29, 0.717) is 12.2 Å². The van der Waals surface area contributed by atoms with Gasteiger partial charge in [0.25, 0.3) is 26.1 Å². The van der Waals surface area contributed by atoms with E-state index in [1.54, 1.807) is 25.1 Å². The van der Waals surface area contributed by atoms with Crippen molar-refractivity contribution in [3.8, 4) is 5.69 Å². The van der Waals surface area contributed by atoms with E-state index < -0.39 is 48.7 Å². The van der Waals surface area contributed by atoms with Crippen LogP contribution in [0.1, 0.15) is 53.6 Å². The van der Waals surface area contributed by atoms with Gasteiger partial charge in [-0.05, 0) is 75.7 Å². The molecule has 4 rings (SSSR count). The van der Waals surface area contributed by atoms with Gasteiger partial charge in [0.1, 0.15) is 16.9 Å². The average Bonchev–Trinajstić information content (AvgIpc) is 3.39. The minimum Gasteiger partial charge on any atom is -0.462 e. The summed E-state index contributed by atoms with van der Waals surface area (Å²) in [7, 11) is -8.71. The first-order valence-corrected chi connectivity index (χ1v) is 19.8. The number of amides is 2. The minimum absolute atomic E-state index is 0.0232. The molecule has 0 fully saturated rings. The van der Waals surface area contributed by atoms with Gasteiger partial charge in [0, 0.05) is 37.0 Å². The Labute approximate surface area is 320 Å². The van der Waals surface area contributed by atoms with Gasteiger partial charge in [-0.25, -0.2) is 9.48 Å². The molecule has 4 aromatic rings. The third-order valence-electron chi connectivity index (χ3n) is 7.52. The lowest BCUT2D eigenvalue weighted by atomic mass is 10.2. The van der Waals surface area contributed by atoms with Crippen molar-refractivity contribution in [2.75, 3.05) is 41.0 Å². The summed E-state index contributed by atoms with van der Waals surface area (Å²) in [6.07, 6.45) is 0.146. The Balaban J connectivity index is 1.76. The molecule has 3 aromatic carbocycles. The van der Waals surface area contributed by atoms with Gasteiger partial charge in [-0.15, -0.1) is 10.2 Å². The second-order valence-electron chi connectivity index (χ2n) is 11.5. The van der Waals surface area contributed by atoms with Crippen LogP contribution in [0.15, 0.2) is 69.7 Å². The Morgan fingerprint density at radius 2 is 1.65 bits per heavy atom. The van der Waals surface area contributed by atoms with E-state index in [1.165, 1.54) is 38.1 Å². The Kier molecular flexibility index (Phi) is 13.5. The lowest BCUT2D eigenvalue weighted by molar-refractivity contribution is -0.114. The number of halogens is 2. The molecule has 21 heteroatoms. The summed E-state index contributed by atoms with van der Waals surface area (Å²) in [5, 5.41) is 18.3. The van der Waals surface area contributed by atoms with Crippen LogP contribution >= 0.6 is 23.2 Å². The number of carbonyl (C=O) groups excluding carboxylic acids is 3. The Morgan fingerprint density at radius 3 is 2.24 bits per heavy atom. The molecule has 0 atom stereocenters. The van der Waals surface area contributed by atoms with Crippen LogP contribution in [0.3, 0.4) is 0 Å². The maximum atomic E-state index is 13.2. The Morgan fingerprint density at radius 1 is 0.963 bits per heavy atom. The molecule has 0 aliphatic heterocycles. The maximum Gasteiger partial charge on any atom is 0.343 e. The highest BCUT2D eigenvalue weighted by molar-refractivity contribution is 7.86. The van der Waals surface area contributed by atoms with E-state index in [0.717, 1.165) is 16.8 Å². The fourth-order valence-corrected chi connectivity index (χ4v) is 6.82. The fourth-order valence-electron chi connectivity index (χ4n) is 5.15. The summed E-state index contributed by atoms with van der Waals surface area (Å²) in [6.45, 7) is 7.06. The molecule has 2 amide bonds. The monoisotopic (exact) mass is 823 g/mol. The van der Waals surface area contributed by atoms with Crippen molar-refractivity contribution in [2.45, 2.75) is 39.0 Å². The number of hydrogen-bond donors (Lipinski definition) is 4. The highest BCUT2D eigenvalue weighted by atomic mass is 35.5. The van der Waals surface area contributed by atoms with Crippen LogP contribution in [-0.4, -0.2) is 79.0 Å². The summed E-state index contributed by atoms with van der Waals surface area (Å²) >= 11 is 13.4. The number of rotatable bonds is 15. The molecule has 0 saturated carbocycles. The number of hydrogen-bond acceptors (Lipinski definition) is 12. The van der Waals surface area contributed by atoms with E-state index in [1.807, 2.05) is 11.8 Å². The zero-order chi connectivity index (χ0) is 40.0. The summed E-state index contributed by atoms with van der Waals surface area (Å²) in [5.41, 5.74) is 1.17. The van der Waals surface area contributed by atoms with Gasteiger partial charge in [-0.2, -0.15) is 21.9 Å². The number of nitrogens with zero attached hydrogens (tertiary/aromatic N) is 5. The van der Waals surface area contributed by atoms with Crippen LogP contribution in [-0.2, 0) is 29.8 Å². The van der Waals surface area contributed by atoms with Crippen molar-refractivity contribution < 1.29 is 45.1 Å². The maximum absolute atomic E-state index is 13.2. The first-order chi connectivity index (χ1) is 25.3. The molecule has 0 bridgehead atoms. The van der Waals surface area contributed by atoms with Crippen molar-refractivity contribution in [3.63, 3.8) is 0 Å². The number of nitrogens with one attached hydrogen (secondary N) is 2. The van der Waals surface area contributed by atoms with Crippen molar-refractivity contribution in [1.29, 1.82) is 0 Å². The van der Waals surface area contributed by atoms with Gasteiger partial charge in [0.05, 0.1) is 38.7 Å². The first-order valence-electron chi connectivity index (χ1n) is 16.0. The number of azo groups is 1. The number of aromatic nitrogens is 2. The third-order valence-corrected chi connectivity index (χ3v) is 9.75. The van der Waals surface area contributed by atoms with E-state index in [4.69, 9.17) is 32.5 Å². The zero-order valence-electron chi connectivity index (χ0n) is 29.2. The molecule has 0 aliphatic rings. The van der Waals surface area contributed by atoms with E-state index in [-0.39, 0.29) is 75.0 Å². The van der Waals surface area contributed by atoms with E-state index >= 15 is 0 Å². The summed E-state index contributed by atoms with van der Waals surface area (Å²) in [4.78, 5) is 39.6. The van der Waals surface area contributed by atoms with Crippen LogP contribution in [0.2, 0.25) is 10.0 Å². The molecule has 0 radical (unpaired) electrons. The Hall–Kier alpha value is -4.92. The van der Waals surface area contributed by atoms with Crippen molar-refractivity contribution >= 4 is 89.8 Å². The van der Waals surface area contributed by atoms with Gasteiger partial charge in [0.2, 0.25) is 5.91 Å². The quantitative estimate of drug-likeness (QED) is 0.0561. The number of ether oxygens (including phenoxy) is 1. The largest absolute Gasteiger partial charge is 0.462 e. The molecular formula is C33H35Cl2N7O10S2. The van der Waals surface area contributed by atoms with Crippen LogP contribution in [0, 0.1) is 6.92 Å². The molecular weight excluding hydrogens is 789 g/mol. The molecule has 0 unspecified atom stereocenters. The standard InChI is InChI=1S/C33H35Cl2N7O10S2/c1-5-41(13-8-14-53(46,47)48)23-11-12-27(28(18-23)36-20(4)43)38-39-31-29(33(45)52-6-2)19(3)40-42(31)30-25(34)16-22(17-26(30)35)37-32(44)21-9-7-10-24(15-21)54(49,50)51/h7,9-12,15-18H,5-6,8,13-14H2,1-4H3,(H,36,43)(H,37,44)(H,46,47,48)(H,49,50,51)/b39-38+.